The molecule has 2 rings (SSSR count). The minimum atomic E-state index is -0.473. The lowest BCUT2D eigenvalue weighted by Crippen LogP contribution is -2.15. The predicted molar refractivity (Wildman–Crippen MR) is 90.5 cm³/mol. The molecule has 22 heavy (non-hydrogen) atoms. The lowest BCUT2D eigenvalue weighted by atomic mass is 9.94. The standard InChI is InChI=1S/C20H20O2/c1-5-16-11-7-9-13-18(16)19(22-20(21)14(2)3)17-12-8-6-10-15(17)4/h5-13,19H,1-2H2,3-4H3. The van der Waals surface area contributed by atoms with Crippen LogP contribution < -0.4 is 0 Å². The summed E-state index contributed by atoms with van der Waals surface area (Å²) in [5, 5.41) is 0. The number of ether oxygens (including phenoxy) is 1. The van der Waals surface area contributed by atoms with Gasteiger partial charge in [0, 0.05) is 11.1 Å². The molecule has 0 radical (unpaired) electrons. The zero-order chi connectivity index (χ0) is 16.1. The fourth-order valence-electron chi connectivity index (χ4n) is 2.32. The highest BCUT2D eigenvalue weighted by atomic mass is 16.5. The van der Waals surface area contributed by atoms with Crippen molar-refractivity contribution in [1.82, 2.24) is 0 Å². The van der Waals surface area contributed by atoms with Crippen molar-refractivity contribution in [3.63, 3.8) is 0 Å². The van der Waals surface area contributed by atoms with Gasteiger partial charge < -0.3 is 4.74 Å². The number of hydrogen-bond acceptors (Lipinski definition) is 2. The van der Waals surface area contributed by atoms with E-state index in [0.717, 1.165) is 22.3 Å². The third kappa shape index (κ3) is 3.34. The maximum absolute atomic E-state index is 12.1. The van der Waals surface area contributed by atoms with Gasteiger partial charge in [0.25, 0.3) is 0 Å². The lowest BCUT2D eigenvalue weighted by molar-refractivity contribution is -0.142. The molecule has 2 nitrogen and oxygen atoms in total. The van der Waals surface area contributed by atoms with Crippen molar-refractivity contribution in [1.29, 1.82) is 0 Å². The van der Waals surface area contributed by atoms with Gasteiger partial charge in [-0.1, -0.05) is 67.8 Å². The highest BCUT2D eigenvalue weighted by molar-refractivity contribution is 5.87. The van der Waals surface area contributed by atoms with Gasteiger partial charge >= 0.3 is 5.97 Å². The highest BCUT2D eigenvalue weighted by Crippen LogP contribution is 2.31. The Morgan fingerprint density at radius 2 is 1.68 bits per heavy atom. The minimum Gasteiger partial charge on any atom is -0.449 e. The topological polar surface area (TPSA) is 26.3 Å². The van der Waals surface area contributed by atoms with Crippen LogP contribution in [0.25, 0.3) is 6.08 Å². The summed E-state index contributed by atoms with van der Waals surface area (Å²) in [4.78, 5) is 12.1. The molecule has 0 N–H and O–H groups in total. The Morgan fingerprint density at radius 3 is 2.27 bits per heavy atom. The van der Waals surface area contributed by atoms with Gasteiger partial charge in [0.2, 0.25) is 0 Å². The van der Waals surface area contributed by atoms with Gasteiger partial charge in [0.1, 0.15) is 0 Å². The zero-order valence-electron chi connectivity index (χ0n) is 13.0. The Labute approximate surface area is 131 Å². The summed E-state index contributed by atoms with van der Waals surface area (Å²) in [6, 6.07) is 15.7. The maximum Gasteiger partial charge on any atom is 0.334 e. The molecular weight excluding hydrogens is 272 g/mol. The smallest absolute Gasteiger partial charge is 0.334 e. The zero-order valence-corrected chi connectivity index (χ0v) is 13.0. The second-order valence-corrected chi connectivity index (χ2v) is 5.26. The fraction of sp³-hybridized carbons (Fsp3) is 0.150. The molecule has 0 fully saturated rings. The first-order valence-electron chi connectivity index (χ1n) is 7.18. The van der Waals surface area contributed by atoms with E-state index >= 15 is 0 Å². The maximum atomic E-state index is 12.1. The SMILES string of the molecule is C=Cc1ccccc1C(OC(=O)C(=C)C)c1ccccc1C. The van der Waals surface area contributed by atoms with Crippen LogP contribution in [0.5, 0.6) is 0 Å². The molecule has 0 spiro atoms. The molecule has 2 aromatic rings. The van der Waals surface area contributed by atoms with E-state index in [-0.39, 0.29) is 0 Å². The number of aryl methyl sites for hydroxylation is 1. The van der Waals surface area contributed by atoms with Gasteiger partial charge in [0.05, 0.1) is 0 Å². The van der Waals surface area contributed by atoms with Crippen LogP contribution >= 0.6 is 0 Å². The number of benzene rings is 2. The molecule has 0 amide bonds. The molecule has 1 atom stereocenters. The summed E-state index contributed by atoms with van der Waals surface area (Å²) in [7, 11) is 0. The fourth-order valence-corrected chi connectivity index (χ4v) is 2.32. The molecule has 0 aromatic heterocycles. The van der Waals surface area contributed by atoms with Crippen molar-refractivity contribution in [2.24, 2.45) is 0 Å². The molecule has 0 aliphatic heterocycles. The monoisotopic (exact) mass is 292 g/mol. The molecular formula is C20H20O2. The Bertz CT molecular complexity index is 713. The summed E-state index contributed by atoms with van der Waals surface area (Å²) in [5.41, 5.74) is 4.29. The summed E-state index contributed by atoms with van der Waals surface area (Å²) >= 11 is 0. The number of esters is 1. The number of hydrogen-bond donors (Lipinski definition) is 0. The molecule has 0 heterocycles. The van der Waals surface area contributed by atoms with Gasteiger partial charge in [0.15, 0.2) is 6.10 Å². The van der Waals surface area contributed by atoms with Gasteiger partial charge in [-0.15, -0.1) is 0 Å². The van der Waals surface area contributed by atoms with Crippen molar-refractivity contribution in [3.05, 3.63) is 89.5 Å². The molecule has 2 heteroatoms. The largest absolute Gasteiger partial charge is 0.449 e. The van der Waals surface area contributed by atoms with Crippen molar-refractivity contribution in [2.75, 3.05) is 0 Å². The average Bonchev–Trinajstić information content (AvgIpc) is 2.53. The number of carbonyl (C=O) groups is 1. The summed E-state index contributed by atoms with van der Waals surface area (Å²) in [6.07, 6.45) is 1.30. The molecule has 0 aliphatic carbocycles. The first-order chi connectivity index (χ1) is 10.5. The average molecular weight is 292 g/mol. The van der Waals surface area contributed by atoms with Gasteiger partial charge in [-0.05, 0) is 30.5 Å². The first-order valence-corrected chi connectivity index (χ1v) is 7.18. The Hall–Kier alpha value is -2.61. The Morgan fingerprint density at radius 1 is 1.09 bits per heavy atom. The van der Waals surface area contributed by atoms with Crippen LogP contribution in [-0.4, -0.2) is 5.97 Å². The summed E-state index contributed by atoms with van der Waals surface area (Å²) in [5.74, 6) is -0.396. The van der Waals surface area contributed by atoms with Crippen LogP contribution in [0.15, 0.2) is 67.3 Å². The molecule has 1 unspecified atom stereocenters. The van der Waals surface area contributed by atoms with E-state index < -0.39 is 12.1 Å². The van der Waals surface area contributed by atoms with Crippen LogP contribution in [0.3, 0.4) is 0 Å². The van der Waals surface area contributed by atoms with E-state index in [2.05, 4.69) is 13.2 Å². The Balaban J connectivity index is 2.55. The van der Waals surface area contributed by atoms with Crippen LogP contribution in [0.1, 0.15) is 35.3 Å². The minimum absolute atomic E-state index is 0.384. The van der Waals surface area contributed by atoms with E-state index in [0.29, 0.717) is 5.57 Å². The molecule has 0 saturated carbocycles. The molecule has 0 saturated heterocycles. The third-order valence-corrected chi connectivity index (χ3v) is 3.54. The lowest BCUT2D eigenvalue weighted by Gasteiger charge is -2.22. The summed E-state index contributed by atoms with van der Waals surface area (Å²) in [6.45, 7) is 11.2. The second kappa shape index (κ2) is 6.90. The van der Waals surface area contributed by atoms with Crippen LogP contribution in [0.2, 0.25) is 0 Å². The van der Waals surface area contributed by atoms with Gasteiger partial charge in [-0.3, -0.25) is 0 Å². The quantitative estimate of drug-likeness (QED) is 0.582. The van der Waals surface area contributed by atoms with Gasteiger partial charge in [-0.25, -0.2) is 4.79 Å². The van der Waals surface area contributed by atoms with Crippen LogP contribution in [-0.2, 0) is 9.53 Å². The van der Waals surface area contributed by atoms with Crippen molar-refractivity contribution in [2.45, 2.75) is 20.0 Å². The second-order valence-electron chi connectivity index (χ2n) is 5.26. The van der Waals surface area contributed by atoms with Crippen LogP contribution in [0, 0.1) is 6.92 Å². The third-order valence-electron chi connectivity index (χ3n) is 3.54. The Kier molecular flexibility index (Phi) is 4.95. The predicted octanol–water partition coefficient (Wildman–Crippen LogP) is 4.85. The van der Waals surface area contributed by atoms with Crippen molar-refractivity contribution >= 4 is 12.0 Å². The van der Waals surface area contributed by atoms with Crippen molar-refractivity contribution < 1.29 is 9.53 Å². The molecule has 2 aromatic carbocycles. The van der Waals surface area contributed by atoms with Gasteiger partial charge in [-0.2, -0.15) is 0 Å². The van der Waals surface area contributed by atoms with E-state index in [1.54, 1.807) is 13.0 Å². The van der Waals surface area contributed by atoms with E-state index in [1.165, 1.54) is 0 Å². The van der Waals surface area contributed by atoms with E-state index in [4.69, 9.17) is 4.74 Å². The number of rotatable bonds is 5. The highest BCUT2D eigenvalue weighted by Gasteiger charge is 2.22. The van der Waals surface area contributed by atoms with Crippen LogP contribution in [0.4, 0.5) is 0 Å². The molecule has 0 aliphatic rings. The summed E-state index contributed by atoms with van der Waals surface area (Å²) < 4.78 is 5.72. The number of carbonyl (C=O) groups excluding carboxylic acids is 1. The molecule has 112 valence electrons. The van der Waals surface area contributed by atoms with E-state index in [1.807, 2.05) is 55.5 Å². The molecule has 0 bridgehead atoms. The normalized spacial score (nSPS) is 11.5. The first kappa shape index (κ1) is 15.8. The van der Waals surface area contributed by atoms with Crippen molar-refractivity contribution in [3.8, 4) is 0 Å². The van der Waals surface area contributed by atoms with E-state index in [9.17, 15) is 4.79 Å².